The van der Waals surface area contributed by atoms with Crippen molar-refractivity contribution in [2.45, 2.75) is 79.6 Å². The average molecular weight is 438 g/mol. The van der Waals surface area contributed by atoms with Gasteiger partial charge in [0.1, 0.15) is 0 Å². The fourth-order valence-corrected chi connectivity index (χ4v) is 3.24. The van der Waals surface area contributed by atoms with Gasteiger partial charge in [0.15, 0.2) is 0 Å². The molecule has 0 saturated carbocycles. The number of carbonyl (C=O) groups is 1. The second kappa shape index (κ2) is 17.0. The van der Waals surface area contributed by atoms with Crippen LogP contribution in [-0.4, -0.2) is 24.1 Å². The molecule has 2 amide bonds. The highest BCUT2D eigenvalue weighted by atomic mass is 16.2. The maximum Gasteiger partial charge on any atom is 0.315 e. The SMILES string of the molecule is CC(C)=CCCC(C)=CCCC(C)=CCCC(C)=CCNC(=O)NCCc1ccncc1. The lowest BCUT2D eigenvalue weighted by atomic mass is 10.0. The molecule has 1 heterocycles. The molecule has 0 aliphatic carbocycles. The second-order valence-electron chi connectivity index (χ2n) is 8.79. The molecule has 1 rings (SSSR count). The van der Waals surface area contributed by atoms with Crippen LogP contribution >= 0.6 is 0 Å². The van der Waals surface area contributed by atoms with Crippen molar-refractivity contribution in [3.63, 3.8) is 0 Å². The highest BCUT2D eigenvalue weighted by molar-refractivity contribution is 5.73. The van der Waals surface area contributed by atoms with E-state index in [2.05, 4.69) is 74.5 Å². The molecule has 0 radical (unpaired) electrons. The summed E-state index contributed by atoms with van der Waals surface area (Å²) in [6.07, 6.45) is 20.1. The number of carbonyl (C=O) groups excluding carboxylic acids is 1. The predicted octanol–water partition coefficient (Wildman–Crippen LogP) is 7.07. The van der Waals surface area contributed by atoms with Crippen LogP contribution < -0.4 is 10.6 Å². The summed E-state index contributed by atoms with van der Waals surface area (Å²) in [6.45, 7) is 12.1. The third kappa shape index (κ3) is 15.2. The van der Waals surface area contributed by atoms with Gasteiger partial charge in [0.05, 0.1) is 0 Å². The molecule has 0 fully saturated rings. The Kier molecular flexibility index (Phi) is 14.6. The Morgan fingerprint density at radius 1 is 0.781 bits per heavy atom. The number of allylic oxidation sites excluding steroid dienone is 7. The minimum atomic E-state index is -0.122. The van der Waals surface area contributed by atoms with E-state index in [0.29, 0.717) is 13.1 Å². The molecule has 0 atom stereocenters. The average Bonchev–Trinajstić information content (AvgIpc) is 2.74. The van der Waals surface area contributed by atoms with E-state index in [0.717, 1.165) is 44.9 Å². The molecule has 0 bridgehead atoms. The van der Waals surface area contributed by atoms with Crippen LogP contribution in [0.15, 0.2) is 71.1 Å². The Hall–Kier alpha value is -2.62. The summed E-state index contributed by atoms with van der Waals surface area (Å²) in [6, 6.07) is 3.81. The van der Waals surface area contributed by atoms with Gasteiger partial charge >= 0.3 is 6.03 Å². The molecule has 0 unspecified atom stereocenters. The van der Waals surface area contributed by atoms with Gasteiger partial charge in [-0.15, -0.1) is 0 Å². The van der Waals surface area contributed by atoms with E-state index in [1.165, 1.54) is 27.9 Å². The van der Waals surface area contributed by atoms with E-state index < -0.39 is 0 Å². The molecule has 0 aliphatic rings. The zero-order valence-electron chi connectivity index (χ0n) is 20.8. The number of hydrogen-bond donors (Lipinski definition) is 2. The molecule has 1 aromatic rings. The smallest absolute Gasteiger partial charge is 0.315 e. The highest BCUT2D eigenvalue weighted by Gasteiger charge is 1.99. The van der Waals surface area contributed by atoms with Crippen molar-refractivity contribution in [1.29, 1.82) is 0 Å². The van der Waals surface area contributed by atoms with Crippen LogP contribution in [0.3, 0.4) is 0 Å². The van der Waals surface area contributed by atoms with Crippen molar-refractivity contribution < 1.29 is 4.79 Å². The number of amides is 2. The van der Waals surface area contributed by atoms with Crippen LogP contribution in [-0.2, 0) is 6.42 Å². The minimum Gasteiger partial charge on any atom is -0.338 e. The van der Waals surface area contributed by atoms with E-state index in [9.17, 15) is 4.79 Å². The van der Waals surface area contributed by atoms with Gasteiger partial charge in [0, 0.05) is 25.5 Å². The number of nitrogens with one attached hydrogen (secondary N) is 2. The van der Waals surface area contributed by atoms with Crippen LogP contribution in [0, 0.1) is 0 Å². The monoisotopic (exact) mass is 437 g/mol. The van der Waals surface area contributed by atoms with E-state index >= 15 is 0 Å². The van der Waals surface area contributed by atoms with Gasteiger partial charge in [-0.25, -0.2) is 4.79 Å². The van der Waals surface area contributed by atoms with Crippen molar-refractivity contribution in [3.05, 3.63) is 76.7 Å². The van der Waals surface area contributed by atoms with Gasteiger partial charge in [-0.05, 0) is 97.3 Å². The first-order valence-electron chi connectivity index (χ1n) is 11.9. The number of hydrogen-bond acceptors (Lipinski definition) is 2. The largest absolute Gasteiger partial charge is 0.338 e. The number of nitrogens with zero attached hydrogens (tertiary/aromatic N) is 1. The molecule has 4 heteroatoms. The van der Waals surface area contributed by atoms with Crippen molar-refractivity contribution in [2.24, 2.45) is 0 Å². The van der Waals surface area contributed by atoms with Gasteiger partial charge < -0.3 is 10.6 Å². The molecule has 0 aromatic carbocycles. The molecule has 4 nitrogen and oxygen atoms in total. The number of urea groups is 1. The van der Waals surface area contributed by atoms with E-state index in [-0.39, 0.29) is 6.03 Å². The Morgan fingerprint density at radius 3 is 1.88 bits per heavy atom. The summed E-state index contributed by atoms with van der Waals surface area (Å²) in [5.41, 5.74) is 6.82. The maximum atomic E-state index is 11.9. The van der Waals surface area contributed by atoms with Gasteiger partial charge in [-0.1, -0.05) is 46.6 Å². The summed E-state index contributed by atoms with van der Waals surface area (Å²) in [5, 5.41) is 5.78. The van der Waals surface area contributed by atoms with Crippen LogP contribution in [0.25, 0.3) is 0 Å². The quantitative estimate of drug-likeness (QED) is 0.306. The van der Waals surface area contributed by atoms with Gasteiger partial charge in [-0.2, -0.15) is 0 Å². The third-order valence-electron chi connectivity index (χ3n) is 5.32. The van der Waals surface area contributed by atoms with Crippen molar-refractivity contribution in [2.75, 3.05) is 13.1 Å². The Labute approximate surface area is 196 Å². The van der Waals surface area contributed by atoms with Crippen LogP contribution in [0.5, 0.6) is 0 Å². The Balaban J connectivity index is 2.15. The third-order valence-corrected chi connectivity index (χ3v) is 5.32. The van der Waals surface area contributed by atoms with Crippen LogP contribution in [0.1, 0.15) is 78.7 Å². The molecular formula is C28H43N3O. The minimum absolute atomic E-state index is 0.122. The lowest BCUT2D eigenvalue weighted by Crippen LogP contribution is -2.36. The molecule has 1 aromatic heterocycles. The van der Waals surface area contributed by atoms with Gasteiger partial charge in [0.25, 0.3) is 0 Å². The normalized spacial score (nSPS) is 12.5. The zero-order chi connectivity index (χ0) is 23.6. The van der Waals surface area contributed by atoms with Gasteiger partial charge in [-0.3, -0.25) is 4.98 Å². The van der Waals surface area contributed by atoms with Crippen molar-refractivity contribution >= 4 is 6.03 Å². The van der Waals surface area contributed by atoms with Crippen molar-refractivity contribution in [3.8, 4) is 0 Å². The van der Waals surface area contributed by atoms with Crippen LogP contribution in [0.4, 0.5) is 4.79 Å². The second-order valence-corrected chi connectivity index (χ2v) is 8.79. The topological polar surface area (TPSA) is 54.0 Å². The molecule has 176 valence electrons. The lowest BCUT2D eigenvalue weighted by molar-refractivity contribution is 0.242. The van der Waals surface area contributed by atoms with Crippen LogP contribution in [0.2, 0.25) is 0 Å². The first kappa shape index (κ1) is 27.4. The number of rotatable bonds is 14. The molecule has 0 saturated heterocycles. The predicted molar refractivity (Wildman–Crippen MR) is 138 cm³/mol. The van der Waals surface area contributed by atoms with E-state index in [1.807, 2.05) is 12.1 Å². The van der Waals surface area contributed by atoms with E-state index in [1.54, 1.807) is 12.4 Å². The van der Waals surface area contributed by atoms with Gasteiger partial charge in [0.2, 0.25) is 0 Å². The summed E-state index contributed by atoms with van der Waals surface area (Å²) >= 11 is 0. The summed E-state index contributed by atoms with van der Waals surface area (Å²) in [5.74, 6) is 0. The van der Waals surface area contributed by atoms with E-state index in [4.69, 9.17) is 0 Å². The molecule has 2 N–H and O–H groups in total. The number of pyridine rings is 1. The summed E-state index contributed by atoms with van der Waals surface area (Å²) < 4.78 is 0. The highest BCUT2D eigenvalue weighted by Crippen LogP contribution is 2.13. The molecule has 0 aliphatic heterocycles. The first-order valence-corrected chi connectivity index (χ1v) is 11.9. The Morgan fingerprint density at radius 2 is 1.31 bits per heavy atom. The number of aromatic nitrogens is 1. The first-order chi connectivity index (χ1) is 15.4. The summed E-state index contributed by atoms with van der Waals surface area (Å²) in [4.78, 5) is 15.9. The Bertz CT molecular complexity index is 784. The fourth-order valence-electron chi connectivity index (χ4n) is 3.24. The summed E-state index contributed by atoms with van der Waals surface area (Å²) in [7, 11) is 0. The molecule has 0 spiro atoms. The standard InChI is InChI=1S/C28H43N3O/c1-23(2)9-6-10-24(3)11-7-12-25(4)13-8-14-26(5)15-21-30-28(32)31-22-18-27-16-19-29-20-17-27/h9,11,13,15-17,19-20H,6-8,10,12,14,18,21-22H2,1-5H3,(H2,30,31,32). The lowest BCUT2D eigenvalue weighted by Gasteiger charge is -2.07. The van der Waals surface area contributed by atoms with Crippen molar-refractivity contribution in [1.82, 2.24) is 15.6 Å². The molecular weight excluding hydrogens is 394 g/mol. The zero-order valence-corrected chi connectivity index (χ0v) is 20.8. The maximum absolute atomic E-state index is 11.9. The fraction of sp³-hybridized carbons (Fsp3) is 0.500. The molecule has 32 heavy (non-hydrogen) atoms.